The summed E-state index contributed by atoms with van der Waals surface area (Å²) >= 11 is 0. The minimum Gasteiger partial charge on any atom is -0.358 e. The van der Waals surface area contributed by atoms with Gasteiger partial charge in [-0.25, -0.2) is 0 Å². The van der Waals surface area contributed by atoms with Crippen LogP contribution < -0.4 is 21.4 Å². The van der Waals surface area contributed by atoms with Crippen LogP contribution in [0.15, 0.2) is 50.6 Å². The van der Waals surface area contributed by atoms with Crippen molar-refractivity contribution in [2.45, 2.75) is 54.4 Å². The van der Waals surface area contributed by atoms with Gasteiger partial charge in [-0.3, -0.25) is 19.6 Å². The van der Waals surface area contributed by atoms with Crippen molar-refractivity contribution in [3.63, 3.8) is 0 Å². The molecule has 41 heavy (non-hydrogen) atoms. The van der Waals surface area contributed by atoms with E-state index in [1.165, 1.54) is 0 Å². The van der Waals surface area contributed by atoms with E-state index in [9.17, 15) is 14.4 Å². The zero-order valence-corrected chi connectivity index (χ0v) is 24.8. The monoisotopic (exact) mass is 553 g/mol. The predicted molar refractivity (Wildman–Crippen MR) is 171 cm³/mol. The van der Waals surface area contributed by atoms with Crippen LogP contribution in [0.25, 0.3) is 25.3 Å². The zero-order chi connectivity index (χ0) is 30.6. The summed E-state index contributed by atoms with van der Waals surface area (Å²) < 4.78 is 0. The number of hydrogen-bond acceptors (Lipinski definition) is 6. The first kappa shape index (κ1) is 30.9. The average molecular weight is 554 g/mol. The normalized spacial score (nSPS) is 17.8. The molecule has 0 saturated carbocycles. The number of aliphatic imine (C=N–C) groups is 2. The fourth-order valence-corrected chi connectivity index (χ4v) is 4.93. The molecule has 2 atom stereocenters. The van der Waals surface area contributed by atoms with Crippen molar-refractivity contribution in [2.24, 2.45) is 21.8 Å². The summed E-state index contributed by atoms with van der Waals surface area (Å²) in [5.41, 5.74) is 7.37. The van der Waals surface area contributed by atoms with Gasteiger partial charge in [0.2, 0.25) is 0 Å². The maximum Gasteiger partial charge on any atom is 0.259 e. The van der Waals surface area contributed by atoms with E-state index in [2.05, 4.69) is 46.6 Å². The van der Waals surface area contributed by atoms with Crippen LogP contribution in [-0.2, 0) is 4.79 Å². The number of aromatic amines is 2. The SMILES string of the molecule is C=C(C)Nc1c(C2=N/C(=C\c3[nH]c(/C=C(\N=C(C)C)C(=C)C)c(C=O)c3C)C(C)[C@@H]2CCC=O)c(=O)[nH]c(=C)c1=C. The molecule has 0 fully saturated rings. The highest BCUT2D eigenvalue weighted by atomic mass is 16.1. The Kier molecular flexibility index (Phi) is 9.60. The fraction of sp³-hybridized carbons (Fsp3) is 0.303. The molecule has 1 unspecified atom stereocenters. The lowest BCUT2D eigenvalue weighted by molar-refractivity contribution is -0.108. The third-order valence-electron chi connectivity index (χ3n) is 7.11. The van der Waals surface area contributed by atoms with Crippen LogP contribution >= 0.6 is 0 Å². The molecule has 0 aromatic carbocycles. The topological polar surface area (TPSA) is 120 Å². The Morgan fingerprint density at radius 3 is 2.34 bits per heavy atom. The van der Waals surface area contributed by atoms with Gasteiger partial charge < -0.3 is 20.1 Å². The molecule has 3 N–H and O–H groups in total. The number of carbonyl (C=O) groups is 2. The minimum absolute atomic E-state index is 0.116. The third-order valence-corrected chi connectivity index (χ3v) is 7.11. The van der Waals surface area contributed by atoms with Gasteiger partial charge in [-0.1, -0.05) is 33.2 Å². The van der Waals surface area contributed by atoms with Crippen molar-refractivity contribution in [3.05, 3.63) is 84.8 Å². The van der Waals surface area contributed by atoms with Gasteiger partial charge in [0.15, 0.2) is 6.29 Å². The molecule has 214 valence electrons. The van der Waals surface area contributed by atoms with Crippen molar-refractivity contribution in [1.82, 2.24) is 9.97 Å². The lowest BCUT2D eigenvalue weighted by Gasteiger charge is -2.19. The number of rotatable bonds is 11. The largest absolute Gasteiger partial charge is 0.358 e. The molecule has 2 aromatic heterocycles. The van der Waals surface area contributed by atoms with Crippen molar-refractivity contribution < 1.29 is 9.59 Å². The second-order valence-corrected chi connectivity index (χ2v) is 10.7. The first-order valence-electron chi connectivity index (χ1n) is 13.5. The molecule has 0 aliphatic carbocycles. The van der Waals surface area contributed by atoms with E-state index in [1.54, 1.807) is 6.92 Å². The molecule has 0 spiro atoms. The zero-order valence-electron chi connectivity index (χ0n) is 24.8. The van der Waals surface area contributed by atoms with Crippen LogP contribution in [-0.4, -0.2) is 34.0 Å². The maximum atomic E-state index is 13.3. The van der Waals surface area contributed by atoms with Crippen molar-refractivity contribution >= 4 is 55.0 Å². The predicted octanol–water partition coefficient (Wildman–Crippen LogP) is 5.06. The number of anilines is 1. The lowest BCUT2D eigenvalue weighted by Crippen LogP contribution is -2.39. The Balaban J connectivity index is 2.27. The van der Waals surface area contributed by atoms with Gasteiger partial charge in [0.1, 0.15) is 6.29 Å². The molecule has 2 aromatic rings. The van der Waals surface area contributed by atoms with Gasteiger partial charge in [-0.15, -0.1) is 0 Å². The van der Waals surface area contributed by atoms with E-state index in [4.69, 9.17) is 4.99 Å². The first-order chi connectivity index (χ1) is 19.3. The van der Waals surface area contributed by atoms with Crippen LogP contribution in [0.2, 0.25) is 0 Å². The molecule has 1 aliphatic heterocycles. The standard InChI is InChI=1S/C33H39N5O3/c1-17(2)26(34-18(3)4)14-29-25(16-40)22(9)27(37-29)15-28-21(8)24(12-11-13-39)32(38-28)30-31(35-19(5)6)20(7)23(10)36-33(30)41/h13-16,21,24,35,37H,1,5,7,10-12H2,2-4,6,8-9H3,(H,36,41)/b26-14-,28-15-/t21?,24-/m0/s1. The van der Waals surface area contributed by atoms with Crippen LogP contribution in [0, 0.1) is 18.8 Å². The van der Waals surface area contributed by atoms with Gasteiger partial charge in [0, 0.05) is 57.2 Å². The molecule has 8 heteroatoms. The second-order valence-electron chi connectivity index (χ2n) is 10.7. The summed E-state index contributed by atoms with van der Waals surface area (Å²) in [7, 11) is 0. The number of nitrogens with one attached hydrogen (secondary N) is 3. The first-order valence-corrected chi connectivity index (χ1v) is 13.5. The molecule has 8 nitrogen and oxygen atoms in total. The summed E-state index contributed by atoms with van der Waals surface area (Å²) in [4.78, 5) is 52.5. The van der Waals surface area contributed by atoms with Gasteiger partial charge in [0.05, 0.1) is 28.4 Å². The number of hydrogen-bond donors (Lipinski definition) is 3. The second kappa shape index (κ2) is 12.7. The number of pyridine rings is 1. The highest BCUT2D eigenvalue weighted by Gasteiger charge is 2.35. The Hall–Kier alpha value is -4.59. The van der Waals surface area contributed by atoms with Gasteiger partial charge in [-0.05, 0) is 64.3 Å². The van der Waals surface area contributed by atoms with Crippen molar-refractivity contribution in [1.29, 1.82) is 0 Å². The fourth-order valence-electron chi connectivity index (χ4n) is 4.93. The number of H-pyrrole nitrogens is 2. The van der Waals surface area contributed by atoms with E-state index < -0.39 is 0 Å². The van der Waals surface area contributed by atoms with E-state index in [-0.39, 0.29) is 17.4 Å². The number of carbonyl (C=O) groups excluding carboxylic acids is 2. The van der Waals surface area contributed by atoms with E-state index in [0.717, 1.165) is 40.8 Å². The molecule has 0 bridgehead atoms. The Labute approximate surface area is 240 Å². The quantitative estimate of drug-likeness (QED) is 0.205. The Morgan fingerprint density at radius 1 is 1.10 bits per heavy atom. The number of aromatic nitrogens is 2. The van der Waals surface area contributed by atoms with Crippen LogP contribution in [0.5, 0.6) is 0 Å². The van der Waals surface area contributed by atoms with Crippen LogP contribution in [0.3, 0.4) is 0 Å². The van der Waals surface area contributed by atoms with Crippen LogP contribution in [0.1, 0.15) is 80.3 Å². The Bertz CT molecular complexity index is 1710. The van der Waals surface area contributed by atoms with Gasteiger partial charge in [-0.2, -0.15) is 0 Å². The summed E-state index contributed by atoms with van der Waals surface area (Å²) in [6.45, 7) is 27.3. The maximum absolute atomic E-state index is 13.3. The van der Waals surface area contributed by atoms with E-state index in [1.807, 2.05) is 46.8 Å². The van der Waals surface area contributed by atoms with Gasteiger partial charge >= 0.3 is 0 Å². The van der Waals surface area contributed by atoms with E-state index >= 15 is 0 Å². The smallest absolute Gasteiger partial charge is 0.259 e. The summed E-state index contributed by atoms with van der Waals surface area (Å²) in [5.74, 6) is -0.320. The van der Waals surface area contributed by atoms with Crippen molar-refractivity contribution in [3.8, 4) is 0 Å². The van der Waals surface area contributed by atoms with E-state index in [0.29, 0.717) is 63.0 Å². The molecular weight excluding hydrogens is 514 g/mol. The Morgan fingerprint density at radius 2 is 1.78 bits per heavy atom. The molecular formula is C33H39N5O3. The number of nitrogens with zero attached hydrogens (tertiary/aromatic N) is 2. The molecule has 3 rings (SSSR count). The molecule has 1 aliphatic rings. The molecule has 3 heterocycles. The molecule has 0 radical (unpaired) electrons. The summed E-state index contributed by atoms with van der Waals surface area (Å²) in [5, 5.41) is 4.10. The molecule has 0 amide bonds. The molecule has 0 saturated heterocycles. The van der Waals surface area contributed by atoms with Crippen molar-refractivity contribution in [2.75, 3.05) is 5.32 Å². The van der Waals surface area contributed by atoms with Gasteiger partial charge in [0.25, 0.3) is 5.56 Å². The number of allylic oxidation sites excluding steroid dienone is 3. The summed E-state index contributed by atoms with van der Waals surface area (Å²) in [6.07, 6.45) is 6.25. The highest BCUT2D eigenvalue weighted by Crippen LogP contribution is 2.38. The minimum atomic E-state index is -0.347. The number of aldehydes is 2. The summed E-state index contributed by atoms with van der Waals surface area (Å²) in [6, 6.07) is 0. The average Bonchev–Trinajstić information content (AvgIpc) is 3.35. The van der Waals surface area contributed by atoms with Crippen LogP contribution in [0.4, 0.5) is 5.69 Å². The highest BCUT2D eigenvalue weighted by molar-refractivity contribution is 6.09. The lowest BCUT2D eigenvalue weighted by atomic mass is 9.84. The third kappa shape index (κ3) is 6.60.